The Bertz CT molecular complexity index is 594. The largest absolute Gasteiger partial charge is 0.504 e. The summed E-state index contributed by atoms with van der Waals surface area (Å²) >= 11 is 0. The fourth-order valence-electron chi connectivity index (χ4n) is 1.68. The van der Waals surface area contributed by atoms with Gasteiger partial charge in [-0.05, 0) is 24.6 Å². The third kappa shape index (κ3) is 2.91. The van der Waals surface area contributed by atoms with Crippen LogP contribution in [0.1, 0.15) is 22.8 Å². The molecule has 0 aliphatic rings. The van der Waals surface area contributed by atoms with E-state index >= 15 is 0 Å². The molecule has 0 saturated carbocycles. The van der Waals surface area contributed by atoms with Gasteiger partial charge in [-0.25, -0.2) is 0 Å². The van der Waals surface area contributed by atoms with Crippen molar-refractivity contribution in [3.63, 3.8) is 0 Å². The van der Waals surface area contributed by atoms with Gasteiger partial charge in [0.25, 0.3) is 0 Å². The first kappa shape index (κ1) is 13.1. The number of phenolic OH excluding ortho intramolecular Hbond substituents is 1. The molecule has 0 heterocycles. The van der Waals surface area contributed by atoms with Crippen LogP contribution in [0.4, 0.5) is 4.39 Å². The molecule has 0 fully saturated rings. The molecule has 4 heteroatoms. The van der Waals surface area contributed by atoms with Gasteiger partial charge < -0.3 is 9.84 Å². The van der Waals surface area contributed by atoms with Gasteiger partial charge >= 0.3 is 0 Å². The van der Waals surface area contributed by atoms with Crippen LogP contribution in [0.3, 0.4) is 0 Å². The van der Waals surface area contributed by atoms with E-state index < -0.39 is 17.3 Å². The fourth-order valence-corrected chi connectivity index (χ4v) is 1.68. The van der Waals surface area contributed by atoms with E-state index in [0.717, 1.165) is 5.56 Å². The molecule has 19 heavy (non-hydrogen) atoms. The zero-order chi connectivity index (χ0) is 13.8. The molecule has 2 aromatic carbocycles. The Balaban J connectivity index is 2.18. The Morgan fingerprint density at radius 1 is 1.21 bits per heavy atom. The Morgan fingerprint density at radius 2 is 1.89 bits per heavy atom. The van der Waals surface area contributed by atoms with E-state index in [2.05, 4.69) is 0 Å². The second-order valence-electron chi connectivity index (χ2n) is 4.10. The maximum atomic E-state index is 13.8. The molecule has 3 nitrogen and oxygen atoms in total. The number of Topliss-reactive ketones (excluding diaryl/α,β-unsaturated/α-hetero) is 1. The van der Waals surface area contributed by atoms with Gasteiger partial charge in [0.2, 0.25) is 5.82 Å². The number of hydrogen-bond donors (Lipinski definition) is 1. The first-order chi connectivity index (χ1) is 9.09. The first-order valence-electron chi connectivity index (χ1n) is 5.78. The van der Waals surface area contributed by atoms with E-state index in [0.29, 0.717) is 0 Å². The maximum absolute atomic E-state index is 13.8. The third-order valence-corrected chi connectivity index (χ3v) is 2.70. The summed E-state index contributed by atoms with van der Waals surface area (Å²) in [7, 11) is 0. The van der Waals surface area contributed by atoms with Gasteiger partial charge in [-0.3, -0.25) is 4.79 Å². The van der Waals surface area contributed by atoms with Crippen molar-refractivity contribution in [1.82, 2.24) is 0 Å². The number of benzene rings is 2. The minimum absolute atomic E-state index is 0.0513. The zero-order valence-electron chi connectivity index (χ0n) is 10.4. The smallest absolute Gasteiger partial charge is 0.207 e. The normalized spacial score (nSPS) is 10.2. The Labute approximate surface area is 110 Å². The highest BCUT2D eigenvalue weighted by Crippen LogP contribution is 2.30. The molecule has 2 aromatic rings. The number of phenols is 1. The second-order valence-corrected chi connectivity index (χ2v) is 4.10. The summed E-state index contributed by atoms with van der Waals surface area (Å²) in [5, 5.41) is 9.57. The monoisotopic (exact) mass is 260 g/mol. The number of hydrogen-bond acceptors (Lipinski definition) is 3. The van der Waals surface area contributed by atoms with Crippen LogP contribution in [0, 0.1) is 5.82 Å². The van der Waals surface area contributed by atoms with E-state index in [-0.39, 0.29) is 17.9 Å². The number of carbonyl (C=O) groups is 1. The van der Waals surface area contributed by atoms with Gasteiger partial charge in [0.1, 0.15) is 6.61 Å². The van der Waals surface area contributed by atoms with Gasteiger partial charge in [-0.15, -0.1) is 0 Å². The van der Waals surface area contributed by atoms with Crippen molar-refractivity contribution in [1.29, 1.82) is 0 Å². The van der Waals surface area contributed by atoms with Crippen LogP contribution in [0.15, 0.2) is 42.5 Å². The molecular weight excluding hydrogens is 247 g/mol. The van der Waals surface area contributed by atoms with E-state index in [4.69, 9.17) is 4.74 Å². The first-order valence-corrected chi connectivity index (χ1v) is 5.78. The predicted octanol–water partition coefficient (Wildman–Crippen LogP) is 3.31. The average molecular weight is 260 g/mol. The molecule has 0 aromatic heterocycles. The maximum Gasteiger partial charge on any atom is 0.207 e. The summed E-state index contributed by atoms with van der Waals surface area (Å²) in [6.07, 6.45) is 0. The number of halogens is 1. The summed E-state index contributed by atoms with van der Waals surface area (Å²) in [5.41, 5.74) is 0.835. The van der Waals surface area contributed by atoms with Gasteiger partial charge in [-0.2, -0.15) is 4.39 Å². The predicted molar refractivity (Wildman–Crippen MR) is 68.8 cm³/mol. The standard InChI is InChI=1S/C15H13FO3/c1-10(17)12-7-8-13(14(16)15(12)18)19-9-11-5-3-2-4-6-11/h2-8,18H,9H2,1H3. The number of ketones is 1. The van der Waals surface area contributed by atoms with E-state index in [1.165, 1.54) is 19.1 Å². The van der Waals surface area contributed by atoms with Crippen molar-refractivity contribution in [3.05, 3.63) is 59.4 Å². The summed E-state index contributed by atoms with van der Waals surface area (Å²) in [6, 6.07) is 12.0. The van der Waals surface area contributed by atoms with Crippen LogP contribution in [-0.2, 0) is 6.61 Å². The summed E-state index contributed by atoms with van der Waals surface area (Å²) in [4.78, 5) is 11.1. The molecule has 0 unspecified atom stereocenters. The van der Waals surface area contributed by atoms with Crippen molar-refractivity contribution in [3.8, 4) is 11.5 Å². The lowest BCUT2D eigenvalue weighted by molar-refractivity contribution is 0.101. The lowest BCUT2D eigenvalue weighted by Gasteiger charge is -2.09. The molecule has 0 amide bonds. The van der Waals surface area contributed by atoms with Crippen LogP contribution in [0.25, 0.3) is 0 Å². The Kier molecular flexibility index (Phi) is 3.80. The minimum atomic E-state index is -0.913. The van der Waals surface area contributed by atoms with Crippen LogP contribution in [0.5, 0.6) is 11.5 Å². The van der Waals surface area contributed by atoms with Gasteiger partial charge in [0, 0.05) is 0 Å². The molecule has 0 bridgehead atoms. The zero-order valence-corrected chi connectivity index (χ0v) is 10.4. The molecule has 0 aliphatic heterocycles. The van der Waals surface area contributed by atoms with Crippen LogP contribution in [0.2, 0.25) is 0 Å². The Hall–Kier alpha value is -2.36. The third-order valence-electron chi connectivity index (χ3n) is 2.70. The van der Waals surface area contributed by atoms with Crippen molar-refractivity contribution in [2.75, 3.05) is 0 Å². The molecule has 0 aliphatic carbocycles. The molecule has 98 valence electrons. The van der Waals surface area contributed by atoms with Crippen molar-refractivity contribution in [2.45, 2.75) is 13.5 Å². The fraction of sp³-hybridized carbons (Fsp3) is 0.133. The number of carbonyl (C=O) groups excluding carboxylic acids is 1. The van der Waals surface area contributed by atoms with E-state index in [9.17, 15) is 14.3 Å². The van der Waals surface area contributed by atoms with Gasteiger partial charge in [0.05, 0.1) is 5.56 Å². The second kappa shape index (κ2) is 5.52. The van der Waals surface area contributed by atoms with Crippen molar-refractivity contribution in [2.24, 2.45) is 0 Å². The van der Waals surface area contributed by atoms with Crippen LogP contribution < -0.4 is 4.74 Å². The molecule has 0 atom stereocenters. The average Bonchev–Trinajstić information content (AvgIpc) is 2.41. The quantitative estimate of drug-likeness (QED) is 0.858. The molecule has 2 rings (SSSR count). The highest BCUT2D eigenvalue weighted by atomic mass is 19.1. The van der Waals surface area contributed by atoms with E-state index in [1.807, 2.05) is 30.3 Å². The number of ether oxygens (including phenoxy) is 1. The van der Waals surface area contributed by atoms with Crippen molar-refractivity contribution >= 4 is 5.78 Å². The highest BCUT2D eigenvalue weighted by Gasteiger charge is 2.16. The SMILES string of the molecule is CC(=O)c1ccc(OCc2ccccc2)c(F)c1O. The highest BCUT2D eigenvalue weighted by molar-refractivity contribution is 5.96. The van der Waals surface area contributed by atoms with E-state index in [1.54, 1.807) is 0 Å². The summed E-state index contributed by atoms with van der Waals surface area (Å²) in [5.74, 6) is -2.06. The molecule has 0 spiro atoms. The minimum Gasteiger partial charge on any atom is -0.504 e. The lowest BCUT2D eigenvalue weighted by atomic mass is 10.1. The van der Waals surface area contributed by atoms with Crippen LogP contribution >= 0.6 is 0 Å². The Morgan fingerprint density at radius 3 is 2.53 bits per heavy atom. The summed E-state index contributed by atoms with van der Waals surface area (Å²) in [6.45, 7) is 1.45. The molecular formula is C15H13FO3. The topological polar surface area (TPSA) is 46.5 Å². The molecule has 1 N–H and O–H groups in total. The molecule has 0 saturated heterocycles. The number of rotatable bonds is 4. The number of aromatic hydroxyl groups is 1. The van der Waals surface area contributed by atoms with Gasteiger partial charge in [0.15, 0.2) is 17.3 Å². The van der Waals surface area contributed by atoms with Crippen molar-refractivity contribution < 1.29 is 19.0 Å². The van der Waals surface area contributed by atoms with Crippen LogP contribution in [-0.4, -0.2) is 10.9 Å². The summed E-state index contributed by atoms with van der Waals surface area (Å²) < 4.78 is 19.1. The van der Waals surface area contributed by atoms with Gasteiger partial charge in [-0.1, -0.05) is 30.3 Å². The molecule has 0 radical (unpaired) electrons. The lowest BCUT2D eigenvalue weighted by Crippen LogP contribution is -2.00.